The quantitative estimate of drug-likeness (QED) is 0.289. The van der Waals surface area contributed by atoms with Crippen molar-refractivity contribution in [3.8, 4) is 0 Å². The first-order valence-corrected chi connectivity index (χ1v) is 7.71. The summed E-state index contributed by atoms with van der Waals surface area (Å²) < 4.78 is 2.04. The second-order valence-electron chi connectivity index (χ2n) is 3.66. The van der Waals surface area contributed by atoms with Gasteiger partial charge in [-0.05, 0) is 58.2 Å². The lowest BCUT2D eigenvalue weighted by Crippen LogP contribution is -2.30. The van der Waals surface area contributed by atoms with Crippen LogP contribution in [0.25, 0.3) is 0 Å². The van der Waals surface area contributed by atoms with E-state index in [1.54, 1.807) is 7.05 Å². The normalized spacial score (nSPS) is 11.3. The number of aromatic nitrogens is 1. The maximum atomic E-state index is 10.6. The summed E-state index contributed by atoms with van der Waals surface area (Å²) in [4.78, 5) is 16.3. The van der Waals surface area contributed by atoms with E-state index in [0.717, 1.165) is 19.0 Å². The van der Waals surface area contributed by atoms with Crippen molar-refractivity contribution in [3.05, 3.63) is 47.2 Å². The first-order chi connectivity index (χ1) is 8.97. The van der Waals surface area contributed by atoms with Gasteiger partial charge in [0.25, 0.3) is 6.20 Å². The summed E-state index contributed by atoms with van der Waals surface area (Å²) in [5.74, 6) is 0.488. The van der Waals surface area contributed by atoms with Gasteiger partial charge in [-0.2, -0.15) is 0 Å². The Bertz CT molecular complexity index is 494. The van der Waals surface area contributed by atoms with Gasteiger partial charge in [0.15, 0.2) is 5.82 Å². The zero-order valence-corrected chi connectivity index (χ0v) is 14.9. The summed E-state index contributed by atoms with van der Waals surface area (Å²) in [5.41, 5.74) is 1.05. The first kappa shape index (κ1) is 16.4. The predicted molar refractivity (Wildman–Crippen MR) is 89.9 cm³/mol. The largest absolute Gasteiger partial charge is 0.370 e. The van der Waals surface area contributed by atoms with E-state index in [4.69, 9.17) is 0 Å². The molecule has 0 aliphatic rings. The molecule has 0 radical (unpaired) electrons. The zero-order valence-electron chi connectivity index (χ0n) is 10.6. The molecule has 8 heteroatoms. The Hall–Kier alpha value is -0.650. The number of hydrogen-bond donors (Lipinski definition) is 1. The van der Waals surface area contributed by atoms with Crippen molar-refractivity contribution in [2.75, 3.05) is 13.6 Å². The van der Waals surface area contributed by atoms with Gasteiger partial charge in [-0.1, -0.05) is 0 Å². The molecule has 0 aliphatic heterocycles. The van der Waals surface area contributed by atoms with Crippen LogP contribution < -0.4 is 5.32 Å². The van der Waals surface area contributed by atoms with E-state index in [9.17, 15) is 10.1 Å². The van der Waals surface area contributed by atoms with Gasteiger partial charge in [-0.25, -0.2) is 4.98 Å². The molecule has 0 bridgehead atoms. The summed E-state index contributed by atoms with van der Waals surface area (Å²) in [7, 11) is 1.68. The summed E-state index contributed by atoms with van der Waals surface area (Å²) >= 11 is 4.41. The fraction of sp³-hybridized carbons (Fsp3) is 0.364. The number of rotatable bonds is 6. The Balaban J connectivity index is 2.95. The lowest BCUT2D eigenvalue weighted by Gasteiger charge is -2.24. The van der Waals surface area contributed by atoms with Crippen molar-refractivity contribution in [2.45, 2.75) is 13.5 Å². The molecule has 0 fully saturated rings. The summed E-state index contributed by atoms with van der Waals surface area (Å²) in [6.07, 6.45) is 2.79. The molecule has 6 nitrogen and oxygen atoms in total. The van der Waals surface area contributed by atoms with Gasteiger partial charge in [0, 0.05) is 35.5 Å². The molecule has 0 spiro atoms. The SMILES string of the molecule is CCN(Cc1cnc(I)cc1I)/C(=C/[N+](=O)[O-])NC. The molecule has 0 aromatic carbocycles. The average Bonchev–Trinajstić information content (AvgIpc) is 2.35. The minimum Gasteiger partial charge on any atom is -0.370 e. The van der Waals surface area contributed by atoms with Gasteiger partial charge in [-0.15, -0.1) is 0 Å². The molecule has 104 valence electrons. The molecule has 19 heavy (non-hydrogen) atoms. The fourth-order valence-electron chi connectivity index (χ4n) is 1.53. The fourth-order valence-corrected chi connectivity index (χ4v) is 3.18. The molecular formula is C11H14I2N4O2. The van der Waals surface area contributed by atoms with Crippen LogP contribution in [0.4, 0.5) is 0 Å². The van der Waals surface area contributed by atoms with Gasteiger partial charge in [0.1, 0.15) is 3.70 Å². The van der Waals surface area contributed by atoms with E-state index in [2.05, 4.69) is 55.5 Å². The second kappa shape index (κ2) is 7.82. The first-order valence-electron chi connectivity index (χ1n) is 5.55. The van der Waals surface area contributed by atoms with Crippen LogP contribution in [0.5, 0.6) is 0 Å². The maximum Gasteiger partial charge on any atom is 0.274 e. The monoisotopic (exact) mass is 488 g/mol. The van der Waals surface area contributed by atoms with Crippen LogP contribution in [0, 0.1) is 17.4 Å². The average molecular weight is 488 g/mol. The molecule has 0 aliphatic carbocycles. The van der Waals surface area contributed by atoms with Crippen molar-refractivity contribution in [1.82, 2.24) is 15.2 Å². The Labute approximate surface area is 139 Å². The Morgan fingerprint density at radius 3 is 2.79 bits per heavy atom. The molecule has 0 unspecified atom stereocenters. The highest BCUT2D eigenvalue weighted by atomic mass is 127. The highest BCUT2D eigenvalue weighted by Crippen LogP contribution is 2.17. The van der Waals surface area contributed by atoms with Crippen LogP contribution in [0.3, 0.4) is 0 Å². The Kier molecular flexibility index (Phi) is 6.75. The molecule has 0 amide bonds. The van der Waals surface area contributed by atoms with Gasteiger partial charge in [0.05, 0.1) is 4.92 Å². The van der Waals surface area contributed by atoms with Gasteiger partial charge in [0.2, 0.25) is 0 Å². The summed E-state index contributed by atoms with van der Waals surface area (Å²) in [6.45, 7) is 3.21. The summed E-state index contributed by atoms with van der Waals surface area (Å²) in [6, 6.07) is 1.99. The standard InChI is InChI=1S/C11H14I2N4O2/c1-3-16(11(14-2)7-17(18)19)6-8-5-15-10(13)4-9(8)12/h4-5,7,14H,3,6H2,1-2H3/b11-7+. The van der Waals surface area contributed by atoms with E-state index in [0.29, 0.717) is 18.9 Å². The number of hydrogen-bond acceptors (Lipinski definition) is 5. The zero-order chi connectivity index (χ0) is 14.4. The van der Waals surface area contributed by atoms with E-state index in [-0.39, 0.29) is 0 Å². The van der Waals surface area contributed by atoms with Crippen LogP contribution in [0.1, 0.15) is 12.5 Å². The minimum atomic E-state index is -0.453. The molecule has 1 rings (SSSR count). The molecule has 1 N–H and O–H groups in total. The topological polar surface area (TPSA) is 71.3 Å². The molecular weight excluding hydrogens is 474 g/mol. The predicted octanol–water partition coefficient (Wildman–Crippen LogP) is 2.41. The van der Waals surface area contributed by atoms with Crippen molar-refractivity contribution in [2.24, 2.45) is 0 Å². The Morgan fingerprint density at radius 1 is 1.63 bits per heavy atom. The Morgan fingerprint density at radius 2 is 2.32 bits per heavy atom. The van der Waals surface area contributed by atoms with Gasteiger partial charge >= 0.3 is 0 Å². The molecule has 0 saturated carbocycles. The smallest absolute Gasteiger partial charge is 0.274 e. The van der Waals surface area contributed by atoms with E-state index < -0.39 is 4.92 Å². The van der Waals surface area contributed by atoms with Gasteiger partial charge in [-0.3, -0.25) is 10.1 Å². The second-order valence-corrected chi connectivity index (χ2v) is 5.93. The van der Waals surface area contributed by atoms with Crippen molar-refractivity contribution < 1.29 is 4.92 Å². The highest BCUT2D eigenvalue weighted by molar-refractivity contribution is 14.1. The van der Waals surface area contributed by atoms with Crippen molar-refractivity contribution >= 4 is 45.2 Å². The highest BCUT2D eigenvalue weighted by Gasteiger charge is 2.13. The van der Waals surface area contributed by atoms with E-state index in [1.807, 2.05) is 24.1 Å². The van der Waals surface area contributed by atoms with Crippen LogP contribution in [0.2, 0.25) is 0 Å². The lowest BCUT2D eigenvalue weighted by atomic mass is 10.2. The number of nitrogens with zero attached hydrogens (tertiary/aromatic N) is 3. The minimum absolute atomic E-state index is 0.453. The molecule has 0 atom stereocenters. The third kappa shape index (κ3) is 5.09. The van der Waals surface area contributed by atoms with Crippen LogP contribution in [-0.2, 0) is 6.54 Å². The molecule has 1 aromatic heterocycles. The lowest BCUT2D eigenvalue weighted by molar-refractivity contribution is -0.404. The van der Waals surface area contributed by atoms with E-state index in [1.165, 1.54) is 0 Å². The molecule has 1 aromatic rings. The molecule has 1 heterocycles. The van der Waals surface area contributed by atoms with Crippen molar-refractivity contribution in [1.29, 1.82) is 0 Å². The van der Waals surface area contributed by atoms with Crippen LogP contribution in [-0.4, -0.2) is 28.4 Å². The third-order valence-corrected chi connectivity index (χ3v) is 4.06. The number of pyridine rings is 1. The van der Waals surface area contributed by atoms with E-state index >= 15 is 0 Å². The maximum absolute atomic E-state index is 10.6. The molecule has 0 saturated heterocycles. The van der Waals surface area contributed by atoms with Crippen LogP contribution >= 0.6 is 45.2 Å². The van der Waals surface area contributed by atoms with Gasteiger partial charge < -0.3 is 10.2 Å². The number of nitro groups is 1. The van der Waals surface area contributed by atoms with Crippen LogP contribution in [0.15, 0.2) is 24.3 Å². The summed E-state index contributed by atoms with van der Waals surface area (Å²) in [5, 5.41) is 13.5. The third-order valence-electron chi connectivity index (χ3n) is 2.46. The number of nitrogens with one attached hydrogen (secondary N) is 1. The van der Waals surface area contributed by atoms with Crippen molar-refractivity contribution in [3.63, 3.8) is 0 Å². The number of halogens is 2.